The maximum absolute atomic E-state index is 5.35. The monoisotopic (exact) mass is 411 g/mol. The Morgan fingerprint density at radius 3 is 2.73 bits per heavy atom. The summed E-state index contributed by atoms with van der Waals surface area (Å²) in [6.07, 6.45) is 11.0. The van der Waals surface area contributed by atoms with Gasteiger partial charge in [0.25, 0.3) is 0 Å². The molecular formula is C24H37N5O. The van der Waals surface area contributed by atoms with Crippen molar-refractivity contribution in [2.24, 2.45) is 10.4 Å². The van der Waals surface area contributed by atoms with Crippen LogP contribution < -0.4 is 10.6 Å². The molecule has 0 aliphatic heterocycles. The molecule has 1 aromatic carbocycles. The van der Waals surface area contributed by atoms with E-state index in [1.54, 1.807) is 7.11 Å². The fourth-order valence-corrected chi connectivity index (χ4v) is 4.30. The van der Waals surface area contributed by atoms with Crippen LogP contribution >= 0.6 is 0 Å². The predicted octanol–water partition coefficient (Wildman–Crippen LogP) is 3.63. The third-order valence-electron chi connectivity index (χ3n) is 6.06. The van der Waals surface area contributed by atoms with E-state index in [9.17, 15) is 0 Å². The Morgan fingerprint density at radius 2 is 2.00 bits per heavy atom. The molecule has 6 nitrogen and oxygen atoms in total. The van der Waals surface area contributed by atoms with Gasteiger partial charge >= 0.3 is 0 Å². The van der Waals surface area contributed by atoms with E-state index in [-0.39, 0.29) is 0 Å². The number of hydrogen-bond donors (Lipinski definition) is 2. The Kier molecular flexibility index (Phi) is 8.75. The minimum absolute atomic E-state index is 0.310. The van der Waals surface area contributed by atoms with E-state index in [0.717, 1.165) is 57.4 Å². The summed E-state index contributed by atoms with van der Waals surface area (Å²) in [7, 11) is 1.79. The lowest BCUT2D eigenvalue weighted by Gasteiger charge is -2.27. The third-order valence-corrected chi connectivity index (χ3v) is 6.06. The van der Waals surface area contributed by atoms with Crippen LogP contribution in [0.3, 0.4) is 0 Å². The molecule has 1 aromatic heterocycles. The lowest BCUT2D eigenvalue weighted by molar-refractivity contribution is 0.141. The van der Waals surface area contributed by atoms with Crippen molar-refractivity contribution in [3.63, 3.8) is 0 Å². The molecule has 3 rings (SSSR count). The summed E-state index contributed by atoms with van der Waals surface area (Å²) in [5, 5.41) is 6.90. The molecule has 0 bridgehead atoms. The van der Waals surface area contributed by atoms with Crippen molar-refractivity contribution in [2.45, 2.75) is 52.0 Å². The number of hydrogen-bond acceptors (Lipinski definition) is 3. The van der Waals surface area contributed by atoms with Crippen LogP contribution in [0.4, 0.5) is 0 Å². The highest BCUT2D eigenvalue weighted by atomic mass is 16.5. The van der Waals surface area contributed by atoms with E-state index in [0.29, 0.717) is 5.41 Å². The number of ether oxygens (including phenoxy) is 1. The summed E-state index contributed by atoms with van der Waals surface area (Å²) in [6, 6.07) is 10.5. The molecule has 2 aromatic rings. The predicted molar refractivity (Wildman–Crippen MR) is 123 cm³/mol. The second kappa shape index (κ2) is 11.7. The van der Waals surface area contributed by atoms with Gasteiger partial charge in [-0.2, -0.15) is 0 Å². The molecular weight excluding hydrogens is 374 g/mol. The molecule has 1 saturated carbocycles. The Balaban J connectivity index is 1.54. The van der Waals surface area contributed by atoms with Gasteiger partial charge in [0.2, 0.25) is 0 Å². The van der Waals surface area contributed by atoms with Crippen LogP contribution in [-0.2, 0) is 17.7 Å². The quantitative estimate of drug-likeness (QED) is 0.438. The van der Waals surface area contributed by atoms with E-state index >= 15 is 0 Å². The number of imidazole rings is 1. The number of rotatable bonds is 11. The molecule has 1 heterocycles. The molecule has 1 fully saturated rings. The topological polar surface area (TPSA) is 63.5 Å². The average molecular weight is 412 g/mol. The summed E-state index contributed by atoms with van der Waals surface area (Å²) in [6.45, 7) is 6.33. The highest BCUT2D eigenvalue weighted by molar-refractivity contribution is 5.79. The number of guanidine groups is 1. The largest absolute Gasteiger partial charge is 0.385 e. The average Bonchev–Trinajstić information content (AvgIpc) is 3.41. The van der Waals surface area contributed by atoms with Gasteiger partial charge in [0.05, 0.1) is 0 Å². The zero-order valence-corrected chi connectivity index (χ0v) is 18.6. The van der Waals surface area contributed by atoms with Gasteiger partial charge in [0, 0.05) is 58.7 Å². The van der Waals surface area contributed by atoms with Crippen LogP contribution in [0.15, 0.2) is 47.7 Å². The van der Waals surface area contributed by atoms with Gasteiger partial charge in [0.1, 0.15) is 5.82 Å². The van der Waals surface area contributed by atoms with Crippen LogP contribution in [0, 0.1) is 5.41 Å². The number of nitrogens with zero attached hydrogens (tertiary/aromatic N) is 3. The molecule has 164 valence electrons. The standard InChI is InChI=1S/C24H37N5O/c1-3-25-23(28-20-24(14-18-30-2)12-7-8-13-24)27-15-11-22-26-16-17-29(22)19-21-9-5-4-6-10-21/h4-6,9-10,16-17H,3,7-8,11-15,18-20H2,1-2H3,(H2,25,27,28). The third kappa shape index (κ3) is 6.59. The van der Waals surface area contributed by atoms with Crippen LogP contribution in [0.2, 0.25) is 0 Å². The first-order valence-corrected chi connectivity index (χ1v) is 11.3. The van der Waals surface area contributed by atoms with Gasteiger partial charge in [-0.3, -0.25) is 4.99 Å². The maximum Gasteiger partial charge on any atom is 0.191 e. The highest BCUT2D eigenvalue weighted by Gasteiger charge is 2.33. The Morgan fingerprint density at radius 1 is 1.20 bits per heavy atom. The Bertz CT molecular complexity index is 765. The van der Waals surface area contributed by atoms with Gasteiger partial charge in [0.15, 0.2) is 5.96 Å². The van der Waals surface area contributed by atoms with E-state index in [1.807, 2.05) is 6.20 Å². The van der Waals surface area contributed by atoms with Crippen molar-refractivity contribution in [3.05, 3.63) is 54.1 Å². The number of aromatic nitrogens is 2. The smallest absolute Gasteiger partial charge is 0.191 e. The van der Waals surface area contributed by atoms with Gasteiger partial charge in [-0.15, -0.1) is 0 Å². The molecule has 6 heteroatoms. The second-order valence-corrected chi connectivity index (χ2v) is 8.28. The summed E-state index contributed by atoms with van der Waals surface area (Å²) < 4.78 is 7.58. The van der Waals surface area contributed by atoms with Crippen molar-refractivity contribution < 1.29 is 4.74 Å². The number of nitrogens with one attached hydrogen (secondary N) is 2. The number of methoxy groups -OCH3 is 1. The summed E-state index contributed by atoms with van der Waals surface area (Å²) in [5.41, 5.74) is 1.60. The fraction of sp³-hybridized carbons (Fsp3) is 0.583. The minimum atomic E-state index is 0.310. The molecule has 0 saturated heterocycles. The van der Waals surface area contributed by atoms with Gasteiger partial charge in [-0.25, -0.2) is 4.98 Å². The lowest BCUT2D eigenvalue weighted by Crippen LogP contribution is -2.39. The van der Waals surface area contributed by atoms with E-state index in [4.69, 9.17) is 9.73 Å². The van der Waals surface area contributed by atoms with Gasteiger partial charge in [-0.1, -0.05) is 43.2 Å². The summed E-state index contributed by atoms with van der Waals surface area (Å²) in [5.74, 6) is 2.00. The lowest BCUT2D eigenvalue weighted by atomic mass is 9.83. The summed E-state index contributed by atoms with van der Waals surface area (Å²) >= 11 is 0. The molecule has 30 heavy (non-hydrogen) atoms. The van der Waals surface area contributed by atoms with Crippen molar-refractivity contribution in [2.75, 3.05) is 33.4 Å². The molecule has 0 atom stereocenters. The molecule has 0 unspecified atom stereocenters. The number of benzene rings is 1. The molecule has 1 aliphatic rings. The van der Waals surface area contributed by atoms with Gasteiger partial charge < -0.3 is 19.9 Å². The molecule has 1 aliphatic carbocycles. The maximum atomic E-state index is 5.35. The van der Waals surface area contributed by atoms with Crippen molar-refractivity contribution >= 4 is 5.96 Å². The minimum Gasteiger partial charge on any atom is -0.385 e. The van der Waals surface area contributed by atoms with Crippen molar-refractivity contribution in [3.8, 4) is 0 Å². The highest BCUT2D eigenvalue weighted by Crippen LogP contribution is 2.41. The van der Waals surface area contributed by atoms with E-state index < -0.39 is 0 Å². The zero-order valence-electron chi connectivity index (χ0n) is 18.6. The molecule has 0 radical (unpaired) electrons. The van der Waals surface area contributed by atoms with Crippen molar-refractivity contribution in [1.29, 1.82) is 0 Å². The second-order valence-electron chi connectivity index (χ2n) is 8.28. The van der Waals surface area contributed by atoms with Crippen LogP contribution in [0.1, 0.15) is 50.4 Å². The SMILES string of the molecule is CCNC(=NCC1(CCOC)CCCC1)NCCc1nccn1Cc1ccccc1. The first-order chi connectivity index (χ1) is 14.7. The normalized spacial score (nSPS) is 16.0. The number of aliphatic imine (C=N–C) groups is 1. The van der Waals surface area contributed by atoms with E-state index in [2.05, 4.69) is 63.6 Å². The zero-order chi connectivity index (χ0) is 21.1. The van der Waals surface area contributed by atoms with Crippen molar-refractivity contribution in [1.82, 2.24) is 20.2 Å². The van der Waals surface area contributed by atoms with Crippen LogP contribution in [0.5, 0.6) is 0 Å². The van der Waals surface area contributed by atoms with Crippen LogP contribution in [0.25, 0.3) is 0 Å². The van der Waals surface area contributed by atoms with Gasteiger partial charge in [-0.05, 0) is 37.2 Å². The summed E-state index contributed by atoms with van der Waals surface area (Å²) in [4.78, 5) is 9.50. The fourth-order valence-electron chi connectivity index (χ4n) is 4.30. The molecule has 2 N–H and O–H groups in total. The Labute approximate surface area is 181 Å². The Hall–Kier alpha value is -2.34. The first-order valence-electron chi connectivity index (χ1n) is 11.3. The van der Waals surface area contributed by atoms with Crippen LogP contribution in [-0.4, -0.2) is 48.9 Å². The first kappa shape index (κ1) is 22.3. The molecule has 0 amide bonds. The molecule has 0 spiro atoms. The van der Waals surface area contributed by atoms with E-state index in [1.165, 1.54) is 31.2 Å².